The maximum absolute atomic E-state index is 11.4. The number of primary amides is 1. The second-order valence-electron chi connectivity index (χ2n) is 6.23. The van der Waals surface area contributed by atoms with Gasteiger partial charge in [-0.3, -0.25) is 4.79 Å². The Morgan fingerprint density at radius 1 is 1.35 bits per heavy atom. The van der Waals surface area contributed by atoms with Gasteiger partial charge in [0.25, 0.3) is 5.91 Å². The number of halogens is 1. The quantitative estimate of drug-likeness (QED) is 0.893. The minimum atomic E-state index is -0.499. The van der Waals surface area contributed by atoms with Crippen molar-refractivity contribution in [3.05, 3.63) is 57.8 Å². The van der Waals surface area contributed by atoms with Crippen LogP contribution in [0.4, 0.5) is 5.69 Å². The van der Waals surface area contributed by atoms with Crippen LogP contribution in [0.25, 0.3) is 0 Å². The van der Waals surface area contributed by atoms with Crippen molar-refractivity contribution in [3.8, 4) is 0 Å². The van der Waals surface area contributed by atoms with Crippen LogP contribution in [0, 0.1) is 6.92 Å². The lowest BCUT2D eigenvalue weighted by atomic mass is 9.96. The standard InChI is InChI=1S/C18H20BrN3O/c1-11-3-5-13(6-4-11)14-7-12(2)22(10-14)17-8-16(18(20)23)21-9-15(17)19/h3-6,8-9,12,14H,7,10H2,1-2H3,(H2,20,23). The maximum atomic E-state index is 11.4. The van der Waals surface area contributed by atoms with Crippen molar-refractivity contribution in [2.45, 2.75) is 32.2 Å². The van der Waals surface area contributed by atoms with E-state index in [4.69, 9.17) is 5.73 Å². The third-order valence-electron chi connectivity index (χ3n) is 4.52. The van der Waals surface area contributed by atoms with E-state index in [0.717, 1.165) is 23.1 Å². The minimum absolute atomic E-state index is 0.300. The molecule has 2 atom stereocenters. The zero-order valence-corrected chi connectivity index (χ0v) is 14.9. The molecule has 1 fully saturated rings. The lowest BCUT2D eigenvalue weighted by molar-refractivity contribution is 0.0995. The first-order valence-corrected chi connectivity index (χ1v) is 8.53. The monoisotopic (exact) mass is 373 g/mol. The Hall–Kier alpha value is -1.88. The number of nitrogens with two attached hydrogens (primary N) is 1. The van der Waals surface area contributed by atoms with Crippen molar-refractivity contribution in [2.75, 3.05) is 11.4 Å². The highest BCUT2D eigenvalue weighted by molar-refractivity contribution is 9.10. The molecular formula is C18H20BrN3O. The number of benzene rings is 1. The molecular weight excluding hydrogens is 354 g/mol. The van der Waals surface area contributed by atoms with E-state index in [1.165, 1.54) is 11.1 Å². The van der Waals surface area contributed by atoms with E-state index in [-0.39, 0.29) is 0 Å². The normalized spacial score (nSPS) is 20.7. The highest BCUT2D eigenvalue weighted by atomic mass is 79.9. The number of anilines is 1. The third kappa shape index (κ3) is 3.24. The Labute approximate surface area is 144 Å². The zero-order valence-electron chi connectivity index (χ0n) is 13.3. The molecule has 0 radical (unpaired) electrons. The SMILES string of the molecule is Cc1ccc(C2CC(C)N(c3cc(C(N)=O)ncc3Br)C2)cc1. The van der Waals surface area contributed by atoms with Gasteiger partial charge < -0.3 is 10.6 Å². The molecule has 1 aliphatic heterocycles. The molecule has 3 rings (SSSR count). The Balaban J connectivity index is 1.88. The summed E-state index contributed by atoms with van der Waals surface area (Å²) in [4.78, 5) is 17.8. The Kier molecular flexibility index (Phi) is 4.39. The topological polar surface area (TPSA) is 59.2 Å². The van der Waals surface area contributed by atoms with Crippen molar-refractivity contribution in [2.24, 2.45) is 5.73 Å². The number of hydrogen-bond donors (Lipinski definition) is 1. The predicted octanol–water partition coefficient (Wildman–Crippen LogP) is 3.63. The summed E-state index contributed by atoms with van der Waals surface area (Å²) in [6.07, 6.45) is 2.74. The molecule has 2 N–H and O–H groups in total. The second-order valence-corrected chi connectivity index (χ2v) is 7.08. The summed E-state index contributed by atoms with van der Waals surface area (Å²) in [5.41, 5.74) is 9.29. The number of rotatable bonds is 3. The van der Waals surface area contributed by atoms with Crippen LogP contribution >= 0.6 is 15.9 Å². The van der Waals surface area contributed by atoms with Crippen molar-refractivity contribution >= 4 is 27.5 Å². The number of carbonyl (C=O) groups is 1. The van der Waals surface area contributed by atoms with E-state index >= 15 is 0 Å². The van der Waals surface area contributed by atoms with E-state index in [9.17, 15) is 4.79 Å². The number of pyridine rings is 1. The number of amides is 1. The average Bonchev–Trinajstić information content (AvgIpc) is 2.90. The molecule has 1 saturated heterocycles. The van der Waals surface area contributed by atoms with Gasteiger partial charge in [-0.1, -0.05) is 29.8 Å². The van der Waals surface area contributed by atoms with Crippen LogP contribution in [-0.4, -0.2) is 23.5 Å². The van der Waals surface area contributed by atoms with Crippen LogP contribution in [0.15, 0.2) is 41.0 Å². The van der Waals surface area contributed by atoms with E-state index in [2.05, 4.69) is 63.9 Å². The van der Waals surface area contributed by atoms with Gasteiger partial charge in [0, 0.05) is 24.7 Å². The Morgan fingerprint density at radius 3 is 2.70 bits per heavy atom. The first-order valence-electron chi connectivity index (χ1n) is 7.74. The molecule has 23 heavy (non-hydrogen) atoms. The molecule has 0 aliphatic carbocycles. The van der Waals surface area contributed by atoms with Crippen LogP contribution in [0.2, 0.25) is 0 Å². The summed E-state index contributed by atoms with van der Waals surface area (Å²) in [6, 6.07) is 10.9. The number of aromatic nitrogens is 1. The summed E-state index contributed by atoms with van der Waals surface area (Å²) < 4.78 is 0.888. The molecule has 0 spiro atoms. The van der Waals surface area contributed by atoms with Crippen LogP contribution in [-0.2, 0) is 0 Å². The molecule has 1 amide bonds. The summed E-state index contributed by atoms with van der Waals surface area (Å²) >= 11 is 3.55. The molecule has 1 aliphatic rings. The predicted molar refractivity (Wildman–Crippen MR) is 95.8 cm³/mol. The molecule has 1 aromatic carbocycles. The van der Waals surface area contributed by atoms with Gasteiger partial charge in [0.05, 0.1) is 10.2 Å². The van der Waals surface area contributed by atoms with Crippen molar-refractivity contribution < 1.29 is 4.79 Å². The molecule has 4 nitrogen and oxygen atoms in total. The summed E-state index contributed by atoms with van der Waals surface area (Å²) in [6.45, 7) is 5.24. The molecule has 1 aromatic heterocycles. The fourth-order valence-corrected chi connectivity index (χ4v) is 3.67. The molecule has 5 heteroatoms. The second kappa shape index (κ2) is 6.32. The molecule has 0 bridgehead atoms. The lowest BCUT2D eigenvalue weighted by Gasteiger charge is -2.25. The lowest BCUT2D eigenvalue weighted by Crippen LogP contribution is -2.27. The molecule has 120 valence electrons. The van der Waals surface area contributed by atoms with E-state index in [1.54, 1.807) is 12.3 Å². The van der Waals surface area contributed by atoms with Gasteiger partial charge in [0.2, 0.25) is 0 Å². The van der Waals surface area contributed by atoms with Gasteiger partial charge >= 0.3 is 0 Å². The molecule has 2 heterocycles. The fourth-order valence-electron chi connectivity index (χ4n) is 3.23. The first kappa shape index (κ1) is 16.0. The summed E-state index contributed by atoms with van der Waals surface area (Å²) in [7, 11) is 0. The van der Waals surface area contributed by atoms with Crippen LogP contribution in [0.5, 0.6) is 0 Å². The molecule has 2 unspecified atom stereocenters. The van der Waals surface area contributed by atoms with Gasteiger partial charge in [-0.05, 0) is 47.8 Å². The minimum Gasteiger partial charge on any atom is -0.367 e. The number of hydrogen-bond acceptors (Lipinski definition) is 3. The van der Waals surface area contributed by atoms with Gasteiger partial charge in [-0.2, -0.15) is 0 Å². The van der Waals surface area contributed by atoms with Crippen molar-refractivity contribution in [1.29, 1.82) is 0 Å². The van der Waals surface area contributed by atoms with Crippen molar-refractivity contribution in [3.63, 3.8) is 0 Å². The Morgan fingerprint density at radius 2 is 2.04 bits per heavy atom. The zero-order chi connectivity index (χ0) is 16.6. The van der Waals surface area contributed by atoms with Gasteiger partial charge in [-0.15, -0.1) is 0 Å². The Bertz CT molecular complexity index is 730. The summed E-state index contributed by atoms with van der Waals surface area (Å²) in [5, 5.41) is 0. The van der Waals surface area contributed by atoms with Gasteiger partial charge in [0.1, 0.15) is 5.69 Å². The number of carbonyl (C=O) groups excluding carboxylic acids is 1. The van der Waals surface area contributed by atoms with Crippen LogP contribution in [0.1, 0.15) is 40.9 Å². The first-order chi connectivity index (χ1) is 11.0. The summed E-state index contributed by atoms with van der Waals surface area (Å²) in [5.74, 6) is -0.0108. The smallest absolute Gasteiger partial charge is 0.267 e. The van der Waals surface area contributed by atoms with Crippen molar-refractivity contribution in [1.82, 2.24) is 4.98 Å². The highest BCUT2D eigenvalue weighted by Gasteiger charge is 2.31. The average molecular weight is 374 g/mol. The third-order valence-corrected chi connectivity index (χ3v) is 5.13. The van der Waals surface area contributed by atoms with Gasteiger partial charge in [-0.25, -0.2) is 4.98 Å². The fraction of sp³-hybridized carbons (Fsp3) is 0.333. The molecule has 0 saturated carbocycles. The molecule has 2 aromatic rings. The highest BCUT2D eigenvalue weighted by Crippen LogP contribution is 2.38. The van der Waals surface area contributed by atoms with Crippen LogP contribution < -0.4 is 10.6 Å². The number of nitrogens with zero attached hydrogens (tertiary/aromatic N) is 2. The van der Waals surface area contributed by atoms with E-state index in [1.807, 2.05) is 0 Å². The van der Waals surface area contributed by atoms with E-state index < -0.39 is 5.91 Å². The van der Waals surface area contributed by atoms with Gasteiger partial charge in [0.15, 0.2) is 0 Å². The number of aryl methyl sites for hydroxylation is 1. The largest absolute Gasteiger partial charge is 0.367 e. The maximum Gasteiger partial charge on any atom is 0.267 e. The van der Waals surface area contributed by atoms with Crippen LogP contribution in [0.3, 0.4) is 0 Å². The van der Waals surface area contributed by atoms with E-state index in [0.29, 0.717) is 17.7 Å².